The molecule has 0 spiro atoms. The molecule has 0 saturated carbocycles. The highest BCUT2D eigenvalue weighted by Crippen LogP contribution is 2.37. The predicted octanol–water partition coefficient (Wildman–Crippen LogP) is 4.84. The molecule has 0 aliphatic carbocycles. The van der Waals surface area contributed by atoms with E-state index in [0.29, 0.717) is 27.5 Å². The largest absolute Gasteiger partial charge is 0.493 e. The number of methoxy groups -OCH3 is 2. The number of alkyl halides is 3. The van der Waals surface area contributed by atoms with Crippen molar-refractivity contribution in [2.45, 2.75) is 12.6 Å². The fourth-order valence-electron chi connectivity index (χ4n) is 3.56. The van der Waals surface area contributed by atoms with E-state index in [-0.39, 0.29) is 29.2 Å². The maximum Gasteiger partial charge on any atom is 0.416 e. The average molecular weight is 491 g/mol. The van der Waals surface area contributed by atoms with E-state index in [9.17, 15) is 18.0 Å². The van der Waals surface area contributed by atoms with Crippen LogP contribution in [0.2, 0.25) is 0 Å². The first-order valence-electron chi connectivity index (χ1n) is 10.0. The summed E-state index contributed by atoms with van der Waals surface area (Å²) in [6, 6.07) is 10.4. The molecule has 4 rings (SSSR count). The number of rotatable bonds is 8. The number of carbonyl (C=O) groups excluding carboxylic acids is 1. The van der Waals surface area contributed by atoms with Crippen LogP contribution < -0.4 is 19.9 Å². The van der Waals surface area contributed by atoms with Gasteiger partial charge in [0.15, 0.2) is 11.5 Å². The molecule has 0 atom stereocenters. The molecule has 0 fully saturated rings. The summed E-state index contributed by atoms with van der Waals surface area (Å²) >= 11 is 1.09. The van der Waals surface area contributed by atoms with Crippen molar-refractivity contribution in [3.8, 4) is 22.2 Å². The van der Waals surface area contributed by atoms with Gasteiger partial charge in [0.2, 0.25) is 0 Å². The zero-order valence-electron chi connectivity index (χ0n) is 18.2. The lowest BCUT2D eigenvalue weighted by atomic mass is 10.0. The van der Waals surface area contributed by atoms with Crippen molar-refractivity contribution in [3.05, 3.63) is 64.8 Å². The molecular weight excluding hydrogens is 471 g/mol. The van der Waals surface area contributed by atoms with Gasteiger partial charge in [0.25, 0.3) is 5.91 Å². The predicted molar refractivity (Wildman–Crippen MR) is 121 cm³/mol. The van der Waals surface area contributed by atoms with Crippen LogP contribution in [0.15, 0.2) is 48.8 Å². The summed E-state index contributed by atoms with van der Waals surface area (Å²) in [6.45, 7) is -0.0702. The van der Waals surface area contributed by atoms with Crippen LogP contribution in [0.1, 0.15) is 20.8 Å². The highest BCUT2D eigenvalue weighted by molar-refractivity contribution is 7.16. The Balaban J connectivity index is 1.62. The molecule has 2 heterocycles. The number of nitrogens with two attached hydrogens (primary N) is 1. The lowest BCUT2D eigenvalue weighted by molar-refractivity contribution is -0.138. The molecule has 178 valence electrons. The van der Waals surface area contributed by atoms with Crippen LogP contribution in [0.5, 0.6) is 17.2 Å². The van der Waals surface area contributed by atoms with Gasteiger partial charge in [-0.3, -0.25) is 9.36 Å². The van der Waals surface area contributed by atoms with E-state index in [2.05, 4.69) is 4.98 Å². The quantitative estimate of drug-likeness (QED) is 0.381. The highest BCUT2D eigenvalue weighted by atomic mass is 32.1. The SMILES string of the molecule is COc1cc2ncn(-c3cc(OCCc4ccccc4C(F)(F)F)c(C(N)=O)s3)c2cc1OC. The van der Waals surface area contributed by atoms with E-state index < -0.39 is 17.6 Å². The topological polar surface area (TPSA) is 88.6 Å². The van der Waals surface area contributed by atoms with Crippen molar-refractivity contribution in [1.82, 2.24) is 9.55 Å². The molecule has 1 amide bonds. The van der Waals surface area contributed by atoms with Crippen LogP contribution in [-0.2, 0) is 12.6 Å². The lowest BCUT2D eigenvalue weighted by Crippen LogP contribution is -2.13. The second kappa shape index (κ2) is 9.26. The smallest absolute Gasteiger partial charge is 0.416 e. The molecule has 4 aromatic rings. The third kappa shape index (κ3) is 4.51. The minimum Gasteiger partial charge on any atom is -0.493 e. The van der Waals surface area contributed by atoms with Gasteiger partial charge in [0, 0.05) is 24.6 Å². The molecule has 0 saturated heterocycles. The number of amides is 1. The number of ether oxygens (including phenoxy) is 3. The molecular formula is C23H20F3N3O4S. The molecule has 0 unspecified atom stereocenters. The van der Waals surface area contributed by atoms with Gasteiger partial charge in [0.05, 0.1) is 37.4 Å². The van der Waals surface area contributed by atoms with Crippen molar-refractivity contribution in [1.29, 1.82) is 0 Å². The Morgan fingerprint density at radius 2 is 1.79 bits per heavy atom. The molecule has 2 aromatic heterocycles. The van der Waals surface area contributed by atoms with Crippen molar-refractivity contribution < 1.29 is 32.2 Å². The van der Waals surface area contributed by atoms with Gasteiger partial charge in [-0.2, -0.15) is 13.2 Å². The van der Waals surface area contributed by atoms with Crippen LogP contribution >= 0.6 is 11.3 Å². The minimum absolute atomic E-state index is 0.00403. The van der Waals surface area contributed by atoms with E-state index in [1.807, 2.05) is 0 Å². The van der Waals surface area contributed by atoms with E-state index in [1.54, 1.807) is 29.1 Å². The Kier molecular flexibility index (Phi) is 6.38. The standard InChI is InChI=1S/C23H20F3N3O4S/c1-31-17-9-15-16(10-18(17)32-2)29(12-28-15)20-11-19(21(34-20)22(27)30)33-8-7-13-5-3-4-6-14(13)23(24,25)26/h3-6,9-12H,7-8H2,1-2H3,(H2,27,30). The molecule has 0 bridgehead atoms. The fourth-order valence-corrected chi connectivity index (χ4v) is 4.50. The van der Waals surface area contributed by atoms with E-state index in [1.165, 1.54) is 32.4 Å². The number of hydrogen-bond donors (Lipinski definition) is 1. The number of benzene rings is 2. The van der Waals surface area contributed by atoms with E-state index in [4.69, 9.17) is 19.9 Å². The number of carbonyl (C=O) groups is 1. The zero-order chi connectivity index (χ0) is 24.5. The van der Waals surface area contributed by atoms with Crippen LogP contribution in [0.4, 0.5) is 13.2 Å². The minimum atomic E-state index is -4.46. The Morgan fingerprint density at radius 3 is 2.47 bits per heavy atom. The second-order valence-corrected chi connectivity index (χ2v) is 8.24. The van der Waals surface area contributed by atoms with E-state index in [0.717, 1.165) is 17.4 Å². The van der Waals surface area contributed by atoms with Gasteiger partial charge in [-0.25, -0.2) is 4.98 Å². The molecule has 0 aliphatic heterocycles. The van der Waals surface area contributed by atoms with Crippen LogP contribution in [-0.4, -0.2) is 36.3 Å². The van der Waals surface area contributed by atoms with Crippen molar-refractivity contribution in [2.24, 2.45) is 5.73 Å². The zero-order valence-corrected chi connectivity index (χ0v) is 19.0. The Hall–Kier alpha value is -3.73. The number of nitrogens with zero attached hydrogens (tertiary/aromatic N) is 2. The number of halogens is 3. The van der Waals surface area contributed by atoms with Crippen LogP contribution in [0.25, 0.3) is 16.0 Å². The first kappa shape index (κ1) is 23.4. The third-order valence-corrected chi connectivity index (χ3v) is 6.28. The third-order valence-electron chi connectivity index (χ3n) is 5.15. The first-order chi connectivity index (χ1) is 16.2. The summed E-state index contributed by atoms with van der Waals surface area (Å²) in [6.07, 6.45) is -2.88. The molecule has 0 aliphatic rings. The summed E-state index contributed by atoms with van der Waals surface area (Å²) in [5, 5.41) is 0.592. The summed E-state index contributed by atoms with van der Waals surface area (Å²) in [5.41, 5.74) is 6.25. The lowest BCUT2D eigenvalue weighted by Gasteiger charge is -2.13. The number of aromatic nitrogens is 2. The Bertz CT molecular complexity index is 1350. The highest BCUT2D eigenvalue weighted by Gasteiger charge is 2.32. The van der Waals surface area contributed by atoms with Gasteiger partial charge in [-0.15, -0.1) is 11.3 Å². The number of primary amides is 1. The van der Waals surface area contributed by atoms with Crippen LogP contribution in [0.3, 0.4) is 0 Å². The van der Waals surface area contributed by atoms with Crippen molar-refractivity contribution in [2.75, 3.05) is 20.8 Å². The number of thiophene rings is 1. The Labute approximate surface area is 196 Å². The molecule has 2 aromatic carbocycles. The maximum absolute atomic E-state index is 13.2. The summed E-state index contributed by atoms with van der Waals surface area (Å²) in [7, 11) is 3.04. The fraction of sp³-hybridized carbons (Fsp3) is 0.217. The van der Waals surface area contributed by atoms with Gasteiger partial charge in [-0.05, 0) is 11.6 Å². The van der Waals surface area contributed by atoms with E-state index >= 15 is 0 Å². The molecule has 11 heteroatoms. The van der Waals surface area contributed by atoms with Gasteiger partial charge in [-0.1, -0.05) is 18.2 Å². The maximum atomic E-state index is 13.2. The summed E-state index contributed by atoms with van der Waals surface area (Å²) in [4.78, 5) is 16.5. The number of hydrogen-bond acceptors (Lipinski definition) is 6. The molecule has 2 N–H and O–H groups in total. The molecule has 34 heavy (non-hydrogen) atoms. The molecule has 0 radical (unpaired) electrons. The van der Waals surface area contributed by atoms with Gasteiger partial charge in [0.1, 0.15) is 22.0 Å². The normalized spacial score (nSPS) is 11.6. The number of fused-ring (bicyclic) bond motifs is 1. The summed E-state index contributed by atoms with van der Waals surface area (Å²) in [5.74, 6) is 0.514. The number of imidazole rings is 1. The monoisotopic (exact) mass is 491 g/mol. The average Bonchev–Trinajstić information content (AvgIpc) is 3.41. The first-order valence-corrected chi connectivity index (χ1v) is 10.9. The summed E-state index contributed by atoms with van der Waals surface area (Å²) < 4.78 is 57.8. The van der Waals surface area contributed by atoms with Crippen molar-refractivity contribution >= 4 is 28.3 Å². The van der Waals surface area contributed by atoms with Crippen LogP contribution in [0, 0.1) is 0 Å². The second-order valence-electron chi connectivity index (χ2n) is 7.21. The van der Waals surface area contributed by atoms with Crippen molar-refractivity contribution in [3.63, 3.8) is 0 Å². The Morgan fingerprint density at radius 1 is 1.09 bits per heavy atom. The molecule has 7 nitrogen and oxygen atoms in total. The van der Waals surface area contributed by atoms with Gasteiger partial charge < -0.3 is 19.9 Å². The van der Waals surface area contributed by atoms with Gasteiger partial charge >= 0.3 is 6.18 Å².